The molecular weight excluding hydrogens is 372 g/mol. The van der Waals surface area contributed by atoms with Crippen LogP contribution in [-0.2, 0) is 11.2 Å². The topological polar surface area (TPSA) is 60.5 Å². The molecule has 0 saturated carbocycles. The number of aromatic nitrogens is 1. The van der Waals surface area contributed by atoms with Crippen LogP contribution >= 0.6 is 11.3 Å². The third-order valence-electron chi connectivity index (χ3n) is 3.93. The second kappa shape index (κ2) is 9.90. The van der Waals surface area contributed by atoms with Gasteiger partial charge in [-0.2, -0.15) is 0 Å². The van der Waals surface area contributed by atoms with Gasteiger partial charge in [-0.3, -0.25) is 4.79 Å². The molecule has 0 spiro atoms. The Hall–Kier alpha value is -2.86. The number of anilines is 1. The average Bonchev–Trinajstić information content (AvgIpc) is 3.16. The smallest absolute Gasteiger partial charge is 0.230 e. The number of nitrogens with zero attached hydrogens (tertiary/aromatic N) is 1. The van der Waals surface area contributed by atoms with Gasteiger partial charge in [-0.15, -0.1) is 11.3 Å². The van der Waals surface area contributed by atoms with Gasteiger partial charge in [0.1, 0.15) is 16.5 Å². The van der Waals surface area contributed by atoms with E-state index in [2.05, 4.69) is 10.3 Å². The minimum Gasteiger partial charge on any atom is -0.493 e. The largest absolute Gasteiger partial charge is 0.493 e. The highest BCUT2D eigenvalue weighted by Gasteiger charge is 2.13. The van der Waals surface area contributed by atoms with E-state index in [0.717, 1.165) is 28.4 Å². The van der Waals surface area contributed by atoms with Crippen LogP contribution in [0.3, 0.4) is 0 Å². The molecule has 0 fully saturated rings. The molecule has 28 heavy (non-hydrogen) atoms. The summed E-state index contributed by atoms with van der Waals surface area (Å²) in [5.41, 5.74) is 2.35. The van der Waals surface area contributed by atoms with Gasteiger partial charge in [-0.05, 0) is 37.6 Å². The summed E-state index contributed by atoms with van der Waals surface area (Å²) in [6.45, 7) is 5.21. The fourth-order valence-electron chi connectivity index (χ4n) is 2.70. The highest BCUT2D eigenvalue weighted by atomic mass is 32.1. The maximum atomic E-state index is 12.5. The number of hydrogen-bond donors (Lipinski definition) is 1. The van der Waals surface area contributed by atoms with Crippen LogP contribution in [0.15, 0.2) is 53.9 Å². The van der Waals surface area contributed by atoms with Gasteiger partial charge in [0.2, 0.25) is 5.91 Å². The molecular formula is C22H24N2O3S. The van der Waals surface area contributed by atoms with Gasteiger partial charge < -0.3 is 14.8 Å². The summed E-state index contributed by atoms with van der Waals surface area (Å²) in [6, 6.07) is 15.3. The van der Waals surface area contributed by atoms with Gasteiger partial charge in [0.25, 0.3) is 0 Å². The molecule has 1 N–H and O–H groups in total. The number of amides is 1. The van der Waals surface area contributed by atoms with Crippen LogP contribution in [0.25, 0.3) is 10.6 Å². The summed E-state index contributed by atoms with van der Waals surface area (Å²) >= 11 is 1.51. The lowest BCUT2D eigenvalue weighted by atomic mass is 10.2. The third kappa shape index (κ3) is 5.10. The van der Waals surface area contributed by atoms with Gasteiger partial charge in [0.05, 0.1) is 36.6 Å². The zero-order valence-electron chi connectivity index (χ0n) is 16.1. The van der Waals surface area contributed by atoms with Crippen molar-refractivity contribution in [1.82, 2.24) is 4.98 Å². The minimum atomic E-state index is -0.123. The van der Waals surface area contributed by atoms with E-state index in [4.69, 9.17) is 9.47 Å². The first kappa shape index (κ1) is 19.9. The Morgan fingerprint density at radius 1 is 1.04 bits per heavy atom. The minimum absolute atomic E-state index is 0.123. The molecule has 0 aliphatic heterocycles. The molecule has 0 aliphatic carbocycles. The van der Waals surface area contributed by atoms with E-state index in [1.165, 1.54) is 11.3 Å². The van der Waals surface area contributed by atoms with Crippen molar-refractivity contribution >= 4 is 22.9 Å². The van der Waals surface area contributed by atoms with Crippen LogP contribution in [0, 0.1) is 0 Å². The Kier molecular flexibility index (Phi) is 7.03. The molecule has 0 atom stereocenters. The summed E-state index contributed by atoms with van der Waals surface area (Å²) in [4.78, 5) is 17.1. The summed E-state index contributed by atoms with van der Waals surface area (Å²) in [5, 5.41) is 5.68. The maximum Gasteiger partial charge on any atom is 0.230 e. The number of ether oxygens (including phenoxy) is 2. The lowest BCUT2D eigenvalue weighted by molar-refractivity contribution is -0.115. The second-order valence-corrected chi connectivity index (χ2v) is 7.00. The van der Waals surface area contributed by atoms with Gasteiger partial charge in [0, 0.05) is 5.38 Å². The predicted octanol–water partition coefficient (Wildman–Crippen LogP) is 5.18. The summed E-state index contributed by atoms with van der Waals surface area (Å²) < 4.78 is 11.4. The molecule has 0 unspecified atom stereocenters. The number of carbonyl (C=O) groups is 1. The van der Waals surface area contributed by atoms with Crippen LogP contribution in [0.5, 0.6) is 11.5 Å². The molecule has 146 valence electrons. The molecule has 0 saturated heterocycles. The SMILES string of the molecule is CCCOc1ccccc1NC(=O)Cc1csc(-c2ccccc2OCC)n1. The fourth-order valence-corrected chi connectivity index (χ4v) is 3.55. The van der Waals surface area contributed by atoms with Crippen LogP contribution in [0.1, 0.15) is 26.0 Å². The van der Waals surface area contributed by atoms with Crippen molar-refractivity contribution in [3.05, 3.63) is 59.6 Å². The van der Waals surface area contributed by atoms with E-state index in [0.29, 0.717) is 24.7 Å². The Morgan fingerprint density at radius 3 is 2.57 bits per heavy atom. The zero-order valence-corrected chi connectivity index (χ0v) is 16.9. The van der Waals surface area contributed by atoms with Crippen molar-refractivity contribution < 1.29 is 14.3 Å². The number of para-hydroxylation sites is 3. The lowest BCUT2D eigenvalue weighted by Gasteiger charge is -2.11. The number of benzene rings is 2. The van der Waals surface area contributed by atoms with E-state index < -0.39 is 0 Å². The Labute approximate surface area is 169 Å². The molecule has 0 radical (unpaired) electrons. The first-order valence-electron chi connectivity index (χ1n) is 9.39. The normalized spacial score (nSPS) is 10.5. The fraction of sp³-hybridized carbons (Fsp3) is 0.273. The van der Waals surface area contributed by atoms with E-state index >= 15 is 0 Å². The maximum absolute atomic E-state index is 12.5. The summed E-state index contributed by atoms with van der Waals surface area (Å²) in [6.07, 6.45) is 1.11. The van der Waals surface area contributed by atoms with Crippen molar-refractivity contribution in [3.63, 3.8) is 0 Å². The van der Waals surface area contributed by atoms with Crippen LogP contribution in [0.2, 0.25) is 0 Å². The third-order valence-corrected chi connectivity index (χ3v) is 4.86. The molecule has 0 aliphatic rings. The number of hydrogen-bond acceptors (Lipinski definition) is 5. The highest BCUT2D eigenvalue weighted by Crippen LogP contribution is 2.32. The van der Waals surface area contributed by atoms with E-state index in [1.54, 1.807) is 0 Å². The number of thiazole rings is 1. The average molecular weight is 397 g/mol. The summed E-state index contributed by atoms with van der Waals surface area (Å²) in [5.74, 6) is 1.36. The van der Waals surface area contributed by atoms with Gasteiger partial charge in [0.15, 0.2) is 0 Å². The van der Waals surface area contributed by atoms with E-state index in [1.807, 2.05) is 67.8 Å². The first-order chi connectivity index (χ1) is 13.7. The zero-order chi connectivity index (χ0) is 19.8. The molecule has 6 heteroatoms. The standard InChI is InChI=1S/C22H24N2O3S/c1-3-13-27-20-12-8-6-10-18(20)24-21(25)14-16-15-28-22(23-16)17-9-5-7-11-19(17)26-4-2/h5-12,15H,3-4,13-14H2,1-2H3,(H,24,25). The molecule has 0 bridgehead atoms. The molecule has 1 heterocycles. The Bertz CT molecular complexity index is 923. The lowest BCUT2D eigenvalue weighted by Crippen LogP contribution is -2.15. The highest BCUT2D eigenvalue weighted by molar-refractivity contribution is 7.13. The van der Waals surface area contributed by atoms with E-state index in [9.17, 15) is 4.79 Å². The Morgan fingerprint density at radius 2 is 1.79 bits per heavy atom. The van der Waals surface area contributed by atoms with Gasteiger partial charge in [-0.1, -0.05) is 31.2 Å². The molecule has 1 aromatic heterocycles. The van der Waals surface area contributed by atoms with Crippen LogP contribution in [-0.4, -0.2) is 24.1 Å². The van der Waals surface area contributed by atoms with Crippen molar-refractivity contribution in [3.8, 4) is 22.1 Å². The van der Waals surface area contributed by atoms with Crippen molar-refractivity contribution in [2.45, 2.75) is 26.7 Å². The predicted molar refractivity (Wildman–Crippen MR) is 113 cm³/mol. The van der Waals surface area contributed by atoms with Gasteiger partial charge >= 0.3 is 0 Å². The number of rotatable bonds is 9. The van der Waals surface area contributed by atoms with Crippen LogP contribution in [0.4, 0.5) is 5.69 Å². The van der Waals surface area contributed by atoms with Crippen LogP contribution < -0.4 is 14.8 Å². The number of carbonyl (C=O) groups excluding carboxylic acids is 1. The quantitative estimate of drug-likeness (QED) is 0.541. The van der Waals surface area contributed by atoms with Crippen molar-refractivity contribution in [1.29, 1.82) is 0 Å². The van der Waals surface area contributed by atoms with Gasteiger partial charge in [-0.25, -0.2) is 4.98 Å². The van der Waals surface area contributed by atoms with Crippen molar-refractivity contribution in [2.75, 3.05) is 18.5 Å². The van der Waals surface area contributed by atoms with Crippen molar-refractivity contribution in [2.24, 2.45) is 0 Å². The first-order valence-corrected chi connectivity index (χ1v) is 10.3. The number of nitrogens with one attached hydrogen (secondary N) is 1. The molecule has 3 aromatic rings. The second-order valence-electron chi connectivity index (χ2n) is 6.14. The molecule has 1 amide bonds. The molecule has 5 nitrogen and oxygen atoms in total. The monoisotopic (exact) mass is 396 g/mol. The van der Waals surface area contributed by atoms with E-state index in [-0.39, 0.29) is 12.3 Å². The molecule has 2 aromatic carbocycles. The molecule has 3 rings (SSSR count). The Balaban J connectivity index is 1.68. The summed E-state index contributed by atoms with van der Waals surface area (Å²) in [7, 11) is 0.